The molecule has 2 atom stereocenters. The van der Waals surface area contributed by atoms with Crippen LogP contribution in [0.1, 0.15) is 32.1 Å². The van der Waals surface area contributed by atoms with Crippen molar-refractivity contribution in [1.82, 2.24) is 5.32 Å². The topological polar surface area (TPSA) is 49.3 Å². The molecule has 0 aliphatic heterocycles. The predicted molar refractivity (Wildman–Crippen MR) is 55.4 cm³/mol. The van der Waals surface area contributed by atoms with E-state index in [1.807, 2.05) is 0 Å². The van der Waals surface area contributed by atoms with Gasteiger partial charge in [0.15, 0.2) is 11.1 Å². The summed E-state index contributed by atoms with van der Waals surface area (Å²) >= 11 is -2.02. The summed E-state index contributed by atoms with van der Waals surface area (Å²) in [4.78, 5) is 0. The Morgan fingerprint density at radius 3 is 2.64 bits per heavy atom. The Hall–Kier alpha value is -0.0000000000000000486. The lowest BCUT2D eigenvalue weighted by Gasteiger charge is -2.23. The molecule has 0 saturated heterocycles. The number of hydrogen-bond acceptors (Lipinski definition) is 2. The molecule has 0 radical (unpaired) electrons. The molecule has 5 heteroatoms. The first kappa shape index (κ1) is 12.1. The molecule has 14 heavy (non-hydrogen) atoms. The van der Waals surface area contributed by atoms with Crippen molar-refractivity contribution in [2.75, 3.05) is 12.3 Å². The van der Waals surface area contributed by atoms with Gasteiger partial charge in [-0.2, -0.15) is 0 Å². The Morgan fingerprint density at radius 2 is 2.07 bits per heavy atom. The molecule has 0 aromatic heterocycles. The molecule has 3 nitrogen and oxygen atoms in total. The van der Waals surface area contributed by atoms with Gasteiger partial charge in [-0.25, -0.2) is 8.60 Å². The monoisotopic (exact) mass is 223 g/mol. The molecule has 1 rings (SSSR count). The molecule has 0 aromatic carbocycles. The molecule has 0 bridgehead atoms. The standard InChI is InChI=1S/C9H18FNO2S/c10-8(7-14(12)13)6-11-9-4-2-1-3-5-9/h8-9,11H,1-7H2,(H,12,13). The van der Waals surface area contributed by atoms with Gasteiger partial charge in [-0.3, -0.25) is 0 Å². The van der Waals surface area contributed by atoms with Crippen LogP contribution < -0.4 is 5.32 Å². The molecule has 0 aromatic rings. The first-order valence-corrected chi connectivity index (χ1v) is 6.41. The summed E-state index contributed by atoms with van der Waals surface area (Å²) in [6.07, 6.45) is 4.70. The molecular formula is C9H18FNO2S. The predicted octanol–water partition coefficient (Wildman–Crippen LogP) is 1.47. The average Bonchev–Trinajstić information content (AvgIpc) is 2.15. The second-order valence-corrected chi connectivity index (χ2v) is 4.80. The quantitative estimate of drug-likeness (QED) is 0.694. The number of rotatable bonds is 5. The molecule has 2 unspecified atom stereocenters. The van der Waals surface area contributed by atoms with Crippen LogP contribution in [0.25, 0.3) is 0 Å². The molecule has 1 saturated carbocycles. The molecule has 0 amide bonds. The number of halogens is 1. The second-order valence-electron chi connectivity index (χ2n) is 3.83. The van der Waals surface area contributed by atoms with Gasteiger partial charge in [-0.1, -0.05) is 19.3 Å². The van der Waals surface area contributed by atoms with Crippen molar-refractivity contribution >= 4 is 11.1 Å². The number of alkyl halides is 1. The maximum absolute atomic E-state index is 13.0. The molecule has 0 spiro atoms. The van der Waals surface area contributed by atoms with Gasteiger partial charge in [-0.05, 0) is 12.8 Å². The van der Waals surface area contributed by atoms with Crippen molar-refractivity contribution in [3.63, 3.8) is 0 Å². The van der Waals surface area contributed by atoms with E-state index in [0.717, 1.165) is 12.8 Å². The van der Waals surface area contributed by atoms with E-state index in [2.05, 4.69) is 5.32 Å². The van der Waals surface area contributed by atoms with Crippen LogP contribution in [0.2, 0.25) is 0 Å². The fraction of sp³-hybridized carbons (Fsp3) is 1.00. The van der Waals surface area contributed by atoms with E-state index in [1.165, 1.54) is 19.3 Å². The van der Waals surface area contributed by atoms with Crippen LogP contribution >= 0.6 is 0 Å². The van der Waals surface area contributed by atoms with Crippen LogP contribution in [0.4, 0.5) is 4.39 Å². The van der Waals surface area contributed by atoms with Gasteiger partial charge in [0.1, 0.15) is 6.17 Å². The van der Waals surface area contributed by atoms with Gasteiger partial charge < -0.3 is 9.87 Å². The van der Waals surface area contributed by atoms with Crippen molar-refractivity contribution in [2.24, 2.45) is 0 Å². The molecule has 0 heterocycles. The first-order chi connectivity index (χ1) is 6.68. The minimum absolute atomic E-state index is 0.205. The largest absolute Gasteiger partial charge is 0.311 e. The van der Waals surface area contributed by atoms with Gasteiger partial charge in [0, 0.05) is 12.6 Å². The zero-order valence-corrected chi connectivity index (χ0v) is 9.06. The summed E-state index contributed by atoms with van der Waals surface area (Å²) in [7, 11) is 0. The Kier molecular flexibility index (Phi) is 5.59. The molecular weight excluding hydrogens is 205 g/mol. The summed E-state index contributed by atoms with van der Waals surface area (Å²) in [6, 6.07) is 0.411. The molecule has 1 fully saturated rings. The highest BCUT2D eigenvalue weighted by atomic mass is 32.2. The second kappa shape index (κ2) is 6.48. The fourth-order valence-electron chi connectivity index (χ4n) is 1.81. The summed E-state index contributed by atoms with van der Waals surface area (Å²) < 4.78 is 31.8. The molecule has 1 aliphatic carbocycles. The van der Waals surface area contributed by atoms with Crippen molar-refractivity contribution in [3.8, 4) is 0 Å². The zero-order chi connectivity index (χ0) is 10.4. The Labute approximate surface area is 86.7 Å². The maximum atomic E-state index is 13.0. The highest BCUT2D eigenvalue weighted by Gasteiger charge is 2.15. The van der Waals surface area contributed by atoms with E-state index in [0.29, 0.717) is 6.04 Å². The molecule has 1 aliphatic rings. The number of hydrogen-bond donors (Lipinski definition) is 2. The van der Waals surface area contributed by atoms with E-state index in [-0.39, 0.29) is 12.3 Å². The normalized spacial score (nSPS) is 23.3. The fourth-order valence-corrected chi connectivity index (χ4v) is 2.24. The SMILES string of the molecule is O=S(O)CC(F)CNC1CCCCC1. The zero-order valence-electron chi connectivity index (χ0n) is 8.25. The van der Waals surface area contributed by atoms with Crippen molar-refractivity contribution in [3.05, 3.63) is 0 Å². The van der Waals surface area contributed by atoms with Crippen LogP contribution in [0, 0.1) is 0 Å². The van der Waals surface area contributed by atoms with Gasteiger partial charge >= 0.3 is 0 Å². The van der Waals surface area contributed by atoms with Crippen molar-refractivity contribution < 1.29 is 13.2 Å². The Bertz CT molecular complexity index is 186. The summed E-state index contributed by atoms with van der Waals surface area (Å²) in [6.45, 7) is 0.205. The third-order valence-corrected chi connectivity index (χ3v) is 3.20. The van der Waals surface area contributed by atoms with E-state index in [1.54, 1.807) is 0 Å². The van der Waals surface area contributed by atoms with Crippen molar-refractivity contribution in [2.45, 2.75) is 44.3 Å². The highest BCUT2D eigenvalue weighted by molar-refractivity contribution is 7.79. The van der Waals surface area contributed by atoms with Gasteiger partial charge in [0.05, 0.1) is 5.75 Å². The lowest BCUT2D eigenvalue weighted by atomic mass is 9.95. The van der Waals surface area contributed by atoms with Gasteiger partial charge in [0.25, 0.3) is 0 Å². The van der Waals surface area contributed by atoms with Crippen LogP contribution in [0.5, 0.6) is 0 Å². The van der Waals surface area contributed by atoms with Crippen molar-refractivity contribution in [1.29, 1.82) is 0 Å². The summed E-state index contributed by atoms with van der Waals surface area (Å²) in [5.41, 5.74) is 0. The molecule has 2 N–H and O–H groups in total. The smallest absolute Gasteiger partial charge is 0.155 e. The minimum Gasteiger partial charge on any atom is -0.311 e. The summed E-state index contributed by atoms with van der Waals surface area (Å²) in [5.74, 6) is -0.278. The Morgan fingerprint density at radius 1 is 1.43 bits per heavy atom. The van der Waals surface area contributed by atoms with Gasteiger partial charge in [-0.15, -0.1) is 0 Å². The first-order valence-electron chi connectivity index (χ1n) is 5.13. The van der Waals surface area contributed by atoms with E-state index < -0.39 is 17.3 Å². The lowest BCUT2D eigenvalue weighted by molar-refractivity contribution is 0.301. The molecule has 84 valence electrons. The minimum atomic E-state index is -2.02. The highest BCUT2D eigenvalue weighted by Crippen LogP contribution is 2.17. The van der Waals surface area contributed by atoms with Crippen LogP contribution in [0.3, 0.4) is 0 Å². The summed E-state index contributed by atoms with van der Waals surface area (Å²) in [5, 5.41) is 3.11. The van der Waals surface area contributed by atoms with Crippen LogP contribution in [-0.4, -0.2) is 33.3 Å². The third kappa shape index (κ3) is 5.02. The van der Waals surface area contributed by atoms with Gasteiger partial charge in [0.2, 0.25) is 0 Å². The van der Waals surface area contributed by atoms with Crippen LogP contribution in [-0.2, 0) is 11.1 Å². The van der Waals surface area contributed by atoms with E-state index >= 15 is 0 Å². The maximum Gasteiger partial charge on any atom is 0.155 e. The number of nitrogens with one attached hydrogen (secondary N) is 1. The van der Waals surface area contributed by atoms with E-state index in [4.69, 9.17) is 4.55 Å². The average molecular weight is 223 g/mol. The third-order valence-electron chi connectivity index (χ3n) is 2.56. The lowest BCUT2D eigenvalue weighted by Crippen LogP contribution is -2.37. The van der Waals surface area contributed by atoms with Crippen LogP contribution in [0.15, 0.2) is 0 Å². The Balaban J connectivity index is 2.09. The van der Waals surface area contributed by atoms with E-state index in [9.17, 15) is 8.60 Å².